The number of aromatic nitrogens is 3. The number of hydrogen-bond acceptors (Lipinski definition) is 4. The minimum Gasteiger partial charge on any atom is -0.365 e. The zero-order valence-electron chi connectivity index (χ0n) is 13.7. The predicted molar refractivity (Wildman–Crippen MR) is 99.5 cm³/mol. The average molecular weight is 334 g/mol. The molecule has 5 heteroatoms. The van der Waals surface area contributed by atoms with Crippen LogP contribution in [0.3, 0.4) is 0 Å². The van der Waals surface area contributed by atoms with Crippen molar-refractivity contribution in [1.82, 2.24) is 14.6 Å². The lowest BCUT2D eigenvalue weighted by Crippen LogP contribution is -2.05. The topological polar surface area (TPSA) is 42.2 Å². The molecule has 4 aromatic rings. The summed E-state index contributed by atoms with van der Waals surface area (Å²) in [6.07, 6.45) is 1.87. The number of fused-ring (bicyclic) bond motifs is 1. The van der Waals surface area contributed by atoms with Crippen molar-refractivity contribution in [1.29, 1.82) is 0 Å². The number of aryl methyl sites for hydroxylation is 2. The fourth-order valence-electron chi connectivity index (χ4n) is 2.80. The molecule has 120 valence electrons. The third-order valence-corrected chi connectivity index (χ3v) is 4.82. The Bertz CT molecular complexity index is 986. The second kappa shape index (κ2) is 6.09. The van der Waals surface area contributed by atoms with Gasteiger partial charge in [0.2, 0.25) is 0 Å². The summed E-state index contributed by atoms with van der Waals surface area (Å²) in [6, 6.07) is 12.6. The van der Waals surface area contributed by atoms with Crippen LogP contribution in [0.4, 0.5) is 5.82 Å². The number of imidazole rings is 1. The van der Waals surface area contributed by atoms with Crippen molar-refractivity contribution in [2.75, 3.05) is 5.32 Å². The first-order valence-electron chi connectivity index (χ1n) is 7.88. The lowest BCUT2D eigenvalue weighted by molar-refractivity contribution is 0.930. The largest absolute Gasteiger partial charge is 0.365 e. The molecule has 0 radical (unpaired) electrons. The van der Waals surface area contributed by atoms with Crippen molar-refractivity contribution in [3.63, 3.8) is 0 Å². The highest BCUT2D eigenvalue weighted by molar-refractivity contribution is 7.08. The number of thiophene rings is 1. The van der Waals surface area contributed by atoms with Gasteiger partial charge in [-0.3, -0.25) is 0 Å². The predicted octanol–water partition coefficient (Wildman–Crippen LogP) is 4.69. The van der Waals surface area contributed by atoms with Gasteiger partial charge in [-0.2, -0.15) is 11.3 Å². The highest BCUT2D eigenvalue weighted by atomic mass is 32.1. The maximum Gasteiger partial charge on any atom is 0.154 e. The zero-order valence-corrected chi connectivity index (χ0v) is 14.5. The van der Waals surface area contributed by atoms with Crippen LogP contribution in [-0.2, 0) is 6.54 Å². The van der Waals surface area contributed by atoms with Crippen LogP contribution in [0.25, 0.3) is 16.9 Å². The summed E-state index contributed by atoms with van der Waals surface area (Å²) >= 11 is 1.68. The summed E-state index contributed by atoms with van der Waals surface area (Å²) in [6.45, 7) is 5.02. The van der Waals surface area contributed by atoms with Crippen LogP contribution in [0.1, 0.15) is 16.7 Å². The summed E-state index contributed by atoms with van der Waals surface area (Å²) in [5.41, 5.74) is 6.88. The van der Waals surface area contributed by atoms with Crippen molar-refractivity contribution in [3.8, 4) is 11.3 Å². The Labute approximate surface area is 144 Å². The van der Waals surface area contributed by atoms with E-state index in [2.05, 4.69) is 59.2 Å². The van der Waals surface area contributed by atoms with Crippen LogP contribution in [0.15, 0.2) is 53.4 Å². The molecule has 4 nitrogen and oxygen atoms in total. The SMILES string of the molecule is Cc1ccc(CNc2ccc3ncc(-c4ccsc4)n3n2)c(C)c1. The molecule has 1 aromatic carbocycles. The summed E-state index contributed by atoms with van der Waals surface area (Å²) in [5.74, 6) is 0.844. The van der Waals surface area contributed by atoms with E-state index in [0.717, 1.165) is 29.3 Å². The first-order chi connectivity index (χ1) is 11.7. The molecule has 0 fully saturated rings. The van der Waals surface area contributed by atoms with E-state index in [-0.39, 0.29) is 0 Å². The van der Waals surface area contributed by atoms with Gasteiger partial charge in [-0.25, -0.2) is 9.50 Å². The monoisotopic (exact) mass is 334 g/mol. The fourth-order valence-corrected chi connectivity index (χ4v) is 3.45. The molecule has 0 bridgehead atoms. The van der Waals surface area contributed by atoms with Crippen molar-refractivity contribution in [2.45, 2.75) is 20.4 Å². The highest BCUT2D eigenvalue weighted by Gasteiger charge is 2.08. The Morgan fingerprint density at radius 2 is 2.04 bits per heavy atom. The number of benzene rings is 1. The number of hydrogen-bond donors (Lipinski definition) is 1. The second-order valence-electron chi connectivity index (χ2n) is 5.93. The van der Waals surface area contributed by atoms with Crippen LogP contribution in [0, 0.1) is 13.8 Å². The number of anilines is 1. The van der Waals surface area contributed by atoms with E-state index >= 15 is 0 Å². The number of nitrogens with zero attached hydrogens (tertiary/aromatic N) is 3. The minimum absolute atomic E-state index is 0.757. The van der Waals surface area contributed by atoms with Gasteiger partial charge >= 0.3 is 0 Å². The van der Waals surface area contributed by atoms with Crippen LogP contribution < -0.4 is 5.32 Å². The Kier molecular flexibility index (Phi) is 3.78. The molecule has 0 saturated carbocycles. The van der Waals surface area contributed by atoms with E-state index in [1.807, 2.05) is 22.8 Å². The molecule has 0 atom stereocenters. The Morgan fingerprint density at radius 1 is 1.12 bits per heavy atom. The molecule has 0 spiro atoms. The van der Waals surface area contributed by atoms with Gasteiger partial charge in [-0.15, -0.1) is 5.10 Å². The molecular weight excluding hydrogens is 316 g/mol. The molecule has 24 heavy (non-hydrogen) atoms. The van der Waals surface area contributed by atoms with Gasteiger partial charge in [0.1, 0.15) is 5.82 Å². The summed E-state index contributed by atoms with van der Waals surface area (Å²) in [7, 11) is 0. The van der Waals surface area contributed by atoms with Gasteiger partial charge in [-0.05, 0) is 48.6 Å². The molecule has 0 aliphatic heterocycles. The lowest BCUT2D eigenvalue weighted by atomic mass is 10.1. The van der Waals surface area contributed by atoms with E-state index in [1.54, 1.807) is 11.3 Å². The van der Waals surface area contributed by atoms with Gasteiger partial charge in [-0.1, -0.05) is 23.8 Å². The fraction of sp³-hybridized carbons (Fsp3) is 0.158. The molecule has 3 aromatic heterocycles. The van der Waals surface area contributed by atoms with Crippen molar-refractivity contribution in [3.05, 3.63) is 70.0 Å². The molecule has 3 heterocycles. The van der Waals surface area contributed by atoms with E-state index in [1.165, 1.54) is 16.7 Å². The third-order valence-electron chi connectivity index (χ3n) is 4.14. The van der Waals surface area contributed by atoms with E-state index < -0.39 is 0 Å². The average Bonchev–Trinajstić information content (AvgIpc) is 3.22. The Balaban J connectivity index is 1.62. The Hall–Kier alpha value is -2.66. The van der Waals surface area contributed by atoms with Gasteiger partial charge in [0.05, 0.1) is 11.9 Å². The Morgan fingerprint density at radius 3 is 2.83 bits per heavy atom. The van der Waals surface area contributed by atoms with Crippen LogP contribution >= 0.6 is 11.3 Å². The quantitative estimate of drug-likeness (QED) is 0.589. The highest BCUT2D eigenvalue weighted by Crippen LogP contribution is 2.23. The molecule has 0 unspecified atom stereocenters. The number of rotatable bonds is 4. The third kappa shape index (κ3) is 2.78. The van der Waals surface area contributed by atoms with Gasteiger partial charge in [0.25, 0.3) is 0 Å². The second-order valence-corrected chi connectivity index (χ2v) is 6.71. The minimum atomic E-state index is 0.757. The van der Waals surface area contributed by atoms with Crippen molar-refractivity contribution < 1.29 is 0 Å². The molecule has 4 rings (SSSR count). The van der Waals surface area contributed by atoms with E-state index in [4.69, 9.17) is 5.10 Å². The van der Waals surface area contributed by atoms with E-state index in [9.17, 15) is 0 Å². The maximum atomic E-state index is 4.70. The number of nitrogens with one attached hydrogen (secondary N) is 1. The lowest BCUT2D eigenvalue weighted by Gasteiger charge is -2.10. The molecule has 0 aliphatic carbocycles. The molecule has 0 aliphatic rings. The molecule has 0 amide bonds. The van der Waals surface area contributed by atoms with Gasteiger partial charge in [0, 0.05) is 17.5 Å². The molecular formula is C19H18N4S. The zero-order chi connectivity index (χ0) is 16.5. The maximum absolute atomic E-state index is 4.70. The van der Waals surface area contributed by atoms with Crippen LogP contribution in [-0.4, -0.2) is 14.6 Å². The van der Waals surface area contributed by atoms with Gasteiger partial charge < -0.3 is 5.32 Å². The standard InChI is InChI=1S/C19H18N4S/c1-13-3-4-15(14(2)9-13)10-20-18-5-6-19-21-11-17(23(19)22-18)16-7-8-24-12-16/h3-9,11-12H,10H2,1-2H3,(H,20,22). The first kappa shape index (κ1) is 14.9. The van der Waals surface area contributed by atoms with Crippen molar-refractivity contribution in [2.24, 2.45) is 0 Å². The smallest absolute Gasteiger partial charge is 0.154 e. The first-order valence-corrected chi connectivity index (χ1v) is 8.82. The van der Waals surface area contributed by atoms with Crippen molar-refractivity contribution >= 4 is 22.8 Å². The normalized spacial score (nSPS) is 11.1. The summed E-state index contributed by atoms with van der Waals surface area (Å²) in [5, 5.41) is 12.3. The molecule has 1 N–H and O–H groups in total. The van der Waals surface area contributed by atoms with E-state index in [0.29, 0.717) is 0 Å². The van der Waals surface area contributed by atoms with Crippen LogP contribution in [0.5, 0.6) is 0 Å². The molecule has 0 saturated heterocycles. The summed E-state index contributed by atoms with van der Waals surface area (Å²) in [4.78, 5) is 4.44. The summed E-state index contributed by atoms with van der Waals surface area (Å²) < 4.78 is 1.90. The van der Waals surface area contributed by atoms with Gasteiger partial charge in [0.15, 0.2) is 5.65 Å². The van der Waals surface area contributed by atoms with Crippen LogP contribution in [0.2, 0.25) is 0 Å².